The minimum atomic E-state index is -0.507. The zero-order chi connectivity index (χ0) is 19.3. The number of carbonyl (C=O) groups is 1. The number of halogens is 1. The van der Waals surface area contributed by atoms with E-state index >= 15 is 0 Å². The number of hydrogen-bond donors (Lipinski definition) is 1. The number of rotatable bonds is 2. The number of hydrogen-bond acceptors (Lipinski definition) is 7. The number of amides is 1. The maximum atomic E-state index is 12.9. The molecule has 2 aromatic carbocycles. The van der Waals surface area contributed by atoms with Gasteiger partial charge in [0, 0.05) is 15.3 Å². The molecule has 0 saturated carbocycles. The largest absolute Gasteiger partial charge is 0.454 e. The number of benzene rings is 2. The molecular formula is C19H15BrN4O3S. The van der Waals surface area contributed by atoms with Crippen molar-refractivity contribution >= 4 is 44.5 Å². The van der Waals surface area contributed by atoms with Crippen molar-refractivity contribution in [1.82, 2.24) is 10.3 Å². The first-order valence-electron chi connectivity index (χ1n) is 8.74. The van der Waals surface area contributed by atoms with Crippen LogP contribution in [0.15, 0.2) is 51.0 Å². The molecule has 142 valence electrons. The van der Waals surface area contributed by atoms with Crippen LogP contribution in [-0.4, -0.2) is 28.6 Å². The second-order valence-corrected chi connectivity index (χ2v) is 8.34. The minimum Gasteiger partial charge on any atom is -0.454 e. The molecule has 3 aliphatic rings. The van der Waals surface area contributed by atoms with Gasteiger partial charge in [0.15, 0.2) is 22.8 Å². The van der Waals surface area contributed by atoms with Crippen molar-refractivity contribution in [3.63, 3.8) is 0 Å². The van der Waals surface area contributed by atoms with Gasteiger partial charge in [-0.2, -0.15) is 0 Å². The van der Waals surface area contributed by atoms with E-state index in [9.17, 15) is 4.79 Å². The van der Waals surface area contributed by atoms with E-state index < -0.39 is 6.17 Å². The van der Waals surface area contributed by atoms with Crippen molar-refractivity contribution < 1.29 is 14.3 Å². The number of thioether (sulfide) groups is 1. The fourth-order valence-electron chi connectivity index (χ4n) is 3.36. The molecule has 0 spiro atoms. The Labute approximate surface area is 173 Å². The highest BCUT2D eigenvalue weighted by atomic mass is 79.9. The minimum absolute atomic E-state index is 0.185. The molecule has 3 heterocycles. The highest BCUT2D eigenvalue weighted by Crippen LogP contribution is 2.42. The molecular weight excluding hydrogens is 444 g/mol. The molecule has 9 heteroatoms. The van der Waals surface area contributed by atoms with Gasteiger partial charge in [-0.05, 0) is 24.0 Å². The van der Waals surface area contributed by atoms with Crippen LogP contribution in [0.3, 0.4) is 0 Å². The Morgan fingerprint density at radius 2 is 2.07 bits per heavy atom. The van der Waals surface area contributed by atoms with Crippen molar-refractivity contribution in [1.29, 1.82) is 0 Å². The van der Waals surface area contributed by atoms with Gasteiger partial charge in [-0.15, -0.1) is 5.10 Å². The molecule has 0 bridgehead atoms. The van der Waals surface area contributed by atoms with Gasteiger partial charge in [-0.3, -0.25) is 15.1 Å². The van der Waals surface area contributed by atoms with Crippen molar-refractivity contribution in [2.45, 2.75) is 13.1 Å². The molecule has 5 rings (SSSR count). The van der Waals surface area contributed by atoms with Crippen molar-refractivity contribution in [2.75, 3.05) is 12.5 Å². The van der Waals surface area contributed by atoms with E-state index in [4.69, 9.17) is 19.6 Å². The molecule has 0 unspecified atom stereocenters. The zero-order valence-corrected chi connectivity index (χ0v) is 17.2. The van der Waals surface area contributed by atoms with Crippen molar-refractivity contribution in [2.24, 2.45) is 10.1 Å². The summed E-state index contributed by atoms with van der Waals surface area (Å²) in [7, 11) is 0. The molecule has 3 aliphatic heterocycles. The van der Waals surface area contributed by atoms with Crippen LogP contribution in [0, 0.1) is 0 Å². The van der Waals surface area contributed by atoms with Crippen molar-refractivity contribution in [3.8, 4) is 11.5 Å². The Hall–Kier alpha value is -2.52. The molecule has 0 radical (unpaired) electrons. The smallest absolute Gasteiger partial charge is 0.276 e. The summed E-state index contributed by atoms with van der Waals surface area (Å²) in [6, 6.07) is 11.3. The van der Waals surface area contributed by atoms with Gasteiger partial charge in [0.1, 0.15) is 5.70 Å². The van der Waals surface area contributed by atoms with Gasteiger partial charge < -0.3 is 9.47 Å². The van der Waals surface area contributed by atoms with Gasteiger partial charge in [0.2, 0.25) is 6.79 Å². The van der Waals surface area contributed by atoms with E-state index in [1.165, 1.54) is 11.8 Å². The van der Waals surface area contributed by atoms with Gasteiger partial charge >= 0.3 is 0 Å². The molecule has 0 aliphatic carbocycles. The summed E-state index contributed by atoms with van der Waals surface area (Å²) < 4.78 is 11.8. The van der Waals surface area contributed by atoms with Crippen LogP contribution in [-0.2, 0) is 4.79 Å². The summed E-state index contributed by atoms with van der Waals surface area (Å²) in [5.74, 6) is 1.95. The normalized spacial score (nSPS) is 19.4. The van der Waals surface area contributed by atoms with Crippen LogP contribution >= 0.6 is 27.7 Å². The van der Waals surface area contributed by atoms with Gasteiger partial charge in [-0.1, -0.05) is 52.8 Å². The topological polar surface area (TPSA) is 75.5 Å². The second-order valence-electron chi connectivity index (χ2n) is 6.23. The van der Waals surface area contributed by atoms with Crippen LogP contribution in [0.1, 0.15) is 18.7 Å². The summed E-state index contributed by atoms with van der Waals surface area (Å²) >= 11 is 5.10. The lowest BCUT2D eigenvalue weighted by Crippen LogP contribution is -2.50. The van der Waals surface area contributed by atoms with Crippen LogP contribution in [0.4, 0.5) is 0 Å². The summed E-state index contributed by atoms with van der Waals surface area (Å²) in [5.41, 5.74) is 1.33. The SMILES string of the molecule is CCSC1=NN2C(=c3ccccc3=N[C@H]2c2cc3c(cc2Br)OCO3)C(=O)N1. The van der Waals surface area contributed by atoms with Crippen LogP contribution in [0.5, 0.6) is 11.5 Å². The first-order chi connectivity index (χ1) is 13.7. The summed E-state index contributed by atoms with van der Waals surface area (Å²) in [6.07, 6.45) is -0.507. The van der Waals surface area contributed by atoms with E-state index in [1.54, 1.807) is 5.01 Å². The Bertz CT molecular complexity index is 1150. The third-order valence-electron chi connectivity index (χ3n) is 4.57. The molecule has 0 aromatic heterocycles. The van der Waals surface area contributed by atoms with E-state index in [0.717, 1.165) is 26.4 Å². The number of fused-ring (bicyclic) bond motifs is 3. The van der Waals surface area contributed by atoms with E-state index in [0.29, 0.717) is 22.4 Å². The molecule has 1 amide bonds. The average molecular weight is 459 g/mol. The number of amidine groups is 1. The standard InChI is InChI=1S/C19H15BrN4O3S/c1-2-28-19-22-18(25)16-10-5-3-4-6-13(10)21-17(24(16)23-19)11-7-14-15(8-12(11)20)27-9-26-14/h3-8,17H,2,9H2,1H3,(H,22,23,25)/t17-/m1/s1. The quantitative estimate of drug-likeness (QED) is 0.745. The lowest BCUT2D eigenvalue weighted by atomic mass is 10.1. The molecule has 1 N–H and O–H groups in total. The number of para-hydroxylation sites is 1. The molecule has 2 aromatic rings. The average Bonchev–Trinajstić information content (AvgIpc) is 3.14. The van der Waals surface area contributed by atoms with Crippen LogP contribution in [0.2, 0.25) is 0 Å². The highest BCUT2D eigenvalue weighted by Gasteiger charge is 2.36. The molecule has 0 saturated heterocycles. The monoisotopic (exact) mass is 458 g/mol. The summed E-state index contributed by atoms with van der Waals surface area (Å²) in [4.78, 5) is 17.8. The lowest BCUT2D eigenvalue weighted by Gasteiger charge is -2.34. The number of ether oxygens (including phenoxy) is 2. The zero-order valence-electron chi connectivity index (χ0n) is 14.8. The molecule has 28 heavy (non-hydrogen) atoms. The van der Waals surface area contributed by atoms with Crippen LogP contribution < -0.4 is 25.4 Å². The van der Waals surface area contributed by atoms with E-state index in [-0.39, 0.29) is 12.7 Å². The maximum absolute atomic E-state index is 12.9. The number of nitrogens with zero attached hydrogens (tertiary/aromatic N) is 3. The maximum Gasteiger partial charge on any atom is 0.276 e. The molecule has 0 fully saturated rings. The predicted molar refractivity (Wildman–Crippen MR) is 109 cm³/mol. The van der Waals surface area contributed by atoms with Gasteiger partial charge in [-0.25, -0.2) is 5.01 Å². The number of hydrazone groups is 1. The Balaban J connectivity index is 1.74. The predicted octanol–water partition coefficient (Wildman–Crippen LogP) is 2.07. The highest BCUT2D eigenvalue weighted by molar-refractivity contribution is 9.10. The fraction of sp³-hybridized carbons (Fsp3) is 0.211. The van der Waals surface area contributed by atoms with E-state index in [2.05, 4.69) is 21.2 Å². The van der Waals surface area contributed by atoms with Gasteiger partial charge in [0.05, 0.1) is 5.36 Å². The Kier molecular flexibility index (Phi) is 4.28. The molecule has 7 nitrogen and oxygen atoms in total. The first kappa shape index (κ1) is 17.6. The fourth-order valence-corrected chi connectivity index (χ4v) is 4.47. The third-order valence-corrected chi connectivity index (χ3v) is 6.00. The number of carbonyl (C=O) groups excluding carboxylic acids is 1. The lowest BCUT2D eigenvalue weighted by molar-refractivity contribution is -0.116. The van der Waals surface area contributed by atoms with E-state index in [1.807, 2.05) is 43.3 Å². The first-order valence-corrected chi connectivity index (χ1v) is 10.5. The molecule has 1 atom stereocenters. The summed E-state index contributed by atoms with van der Waals surface area (Å²) in [5, 5.41) is 11.3. The number of nitrogens with one attached hydrogen (secondary N) is 1. The Morgan fingerprint density at radius 1 is 1.29 bits per heavy atom. The van der Waals surface area contributed by atoms with Crippen molar-refractivity contribution in [3.05, 3.63) is 57.0 Å². The summed E-state index contributed by atoms with van der Waals surface area (Å²) in [6.45, 7) is 2.20. The van der Waals surface area contributed by atoms with Crippen LogP contribution in [0.25, 0.3) is 5.70 Å². The third kappa shape index (κ3) is 2.77. The second kappa shape index (κ2) is 6.82. The Morgan fingerprint density at radius 3 is 2.89 bits per heavy atom. The van der Waals surface area contributed by atoms with Gasteiger partial charge in [0.25, 0.3) is 5.91 Å².